The van der Waals surface area contributed by atoms with Crippen molar-refractivity contribution in [2.75, 3.05) is 11.5 Å². The molecule has 1 aliphatic rings. The lowest BCUT2D eigenvalue weighted by Gasteiger charge is -2.16. The van der Waals surface area contributed by atoms with Crippen molar-refractivity contribution in [3.05, 3.63) is 53.5 Å². The highest BCUT2D eigenvalue weighted by Crippen LogP contribution is 2.38. The molecule has 0 radical (unpaired) electrons. The van der Waals surface area contributed by atoms with Crippen LogP contribution in [0, 0.1) is 0 Å². The van der Waals surface area contributed by atoms with Crippen LogP contribution in [-0.2, 0) is 17.5 Å². The fraction of sp³-hybridized carbons (Fsp3) is 0.267. The number of hydrogen-bond acceptors (Lipinski definition) is 3. The number of rotatable bonds is 3. The van der Waals surface area contributed by atoms with E-state index >= 15 is 0 Å². The third-order valence-electron chi connectivity index (χ3n) is 3.60. The van der Waals surface area contributed by atoms with Gasteiger partial charge < -0.3 is 14.4 Å². The van der Waals surface area contributed by atoms with Gasteiger partial charge in [0.15, 0.2) is 0 Å². The highest BCUT2D eigenvalue weighted by Gasteiger charge is 2.38. The minimum absolute atomic E-state index is 0.0362. The number of nitrogens with zero attached hydrogens (tertiary/aromatic N) is 1. The van der Waals surface area contributed by atoms with Gasteiger partial charge >= 0.3 is 6.18 Å². The molecular formula is C15H12F3NO3. The van der Waals surface area contributed by atoms with Gasteiger partial charge in [0.2, 0.25) is 11.7 Å². The Morgan fingerprint density at radius 2 is 1.91 bits per heavy atom. The Hall–Kier alpha value is -2.28. The van der Waals surface area contributed by atoms with Crippen LogP contribution in [0.4, 0.5) is 18.9 Å². The molecule has 0 spiro atoms. The van der Waals surface area contributed by atoms with Crippen molar-refractivity contribution >= 4 is 11.6 Å². The van der Waals surface area contributed by atoms with Crippen LogP contribution in [0.2, 0.25) is 0 Å². The third kappa shape index (κ3) is 2.37. The van der Waals surface area contributed by atoms with Gasteiger partial charge in [0.25, 0.3) is 0 Å². The number of benzene rings is 1. The molecule has 2 aromatic rings. The first kappa shape index (κ1) is 14.6. The summed E-state index contributed by atoms with van der Waals surface area (Å²) in [6.45, 7) is -0.458. The van der Waals surface area contributed by atoms with E-state index in [-0.39, 0.29) is 24.8 Å². The van der Waals surface area contributed by atoms with Crippen LogP contribution >= 0.6 is 0 Å². The Kier molecular flexibility index (Phi) is 3.44. The van der Waals surface area contributed by atoms with E-state index in [4.69, 9.17) is 4.42 Å². The molecule has 1 N–H and O–H groups in total. The smallest absolute Gasteiger partial charge is 0.449 e. The summed E-state index contributed by atoms with van der Waals surface area (Å²) in [5, 5.41) is 9.36. The third-order valence-corrected chi connectivity index (χ3v) is 3.60. The zero-order chi connectivity index (χ0) is 15.9. The summed E-state index contributed by atoms with van der Waals surface area (Å²) >= 11 is 0. The Bertz CT molecular complexity index is 708. The summed E-state index contributed by atoms with van der Waals surface area (Å²) in [6, 6.07) is 8.92. The Balaban J connectivity index is 1.90. The summed E-state index contributed by atoms with van der Waals surface area (Å²) in [5.41, 5.74) is 1.24. The van der Waals surface area contributed by atoms with Crippen LogP contribution in [0.15, 0.2) is 40.8 Å². The molecule has 22 heavy (non-hydrogen) atoms. The van der Waals surface area contributed by atoms with Gasteiger partial charge in [-0.3, -0.25) is 4.79 Å². The molecule has 1 aromatic heterocycles. The van der Waals surface area contributed by atoms with Crippen LogP contribution in [0.25, 0.3) is 0 Å². The first-order valence-corrected chi connectivity index (χ1v) is 6.59. The van der Waals surface area contributed by atoms with E-state index in [9.17, 15) is 23.1 Å². The molecule has 1 aromatic carbocycles. The predicted molar refractivity (Wildman–Crippen MR) is 71.2 cm³/mol. The molecule has 1 unspecified atom stereocenters. The van der Waals surface area contributed by atoms with Crippen LogP contribution in [0.1, 0.15) is 23.0 Å². The van der Waals surface area contributed by atoms with Crippen molar-refractivity contribution in [3.63, 3.8) is 0 Å². The van der Waals surface area contributed by atoms with Crippen molar-refractivity contribution in [1.29, 1.82) is 0 Å². The number of fused-ring (bicyclic) bond motifs is 1. The van der Waals surface area contributed by atoms with Crippen LogP contribution < -0.4 is 4.90 Å². The number of aliphatic hydroxyl groups excluding tert-OH is 1. The van der Waals surface area contributed by atoms with Gasteiger partial charge in [0, 0.05) is 5.69 Å². The monoisotopic (exact) mass is 311 g/mol. The normalized spacial score (nSPS) is 17.9. The molecule has 0 aliphatic carbocycles. The second kappa shape index (κ2) is 5.17. The van der Waals surface area contributed by atoms with Crippen molar-refractivity contribution in [2.24, 2.45) is 0 Å². The second-order valence-electron chi connectivity index (χ2n) is 4.98. The van der Waals surface area contributed by atoms with Gasteiger partial charge in [-0.2, -0.15) is 13.2 Å². The SMILES string of the molecule is O=C1C(CO)c2ccccc2N1Cc1ccc(C(F)(F)F)o1. The van der Waals surface area contributed by atoms with E-state index in [2.05, 4.69) is 0 Å². The zero-order valence-electron chi connectivity index (χ0n) is 11.3. The highest BCUT2D eigenvalue weighted by molar-refractivity contribution is 6.04. The minimum Gasteiger partial charge on any atom is -0.455 e. The molecule has 1 aliphatic heterocycles. The minimum atomic E-state index is -4.56. The summed E-state index contributed by atoms with van der Waals surface area (Å²) < 4.78 is 42.4. The van der Waals surface area contributed by atoms with E-state index in [0.717, 1.165) is 6.07 Å². The summed E-state index contributed by atoms with van der Waals surface area (Å²) in [4.78, 5) is 13.6. The maximum absolute atomic E-state index is 12.5. The molecule has 0 saturated carbocycles. The number of amides is 1. The molecule has 2 heterocycles. The van der Waals surface area contributed by atoms with Gasteiger partial charge in [-0.25, -0.2) is 0 Å². The van der Waals surface area contributed by atoms with Crippen molar-refractivity contribution < 1.29 is 27.5 Å². The maximum Gasteiger partial charge on any atom is 0.449 e. The number of carbonyl (C=O) groups is 1. The number of halogens is 3. The van der Waals surface area contributed by atoms with Gasteiger partial charge in [-0.15, -0.1) is 0 Å². The average Bonchev–Trinajstić information content (AvgIpc) is 3.03. The zero-order valence-corrected chi connectivity index (χ0v) is 11.3. The molecular weight excluding hydrogens is 299 g/mol. The average molecular weight is 311 g/mol. The van der Waals surface area contributed by atoms with Crippen molar-refractivity contribution in [3.8, 4) is 0 Å². The van der Waals surface area contributed by atoms with Gasteiger partial charge in [0.05, 0.1) is 19.1 Å². The molecule has 3 rings (SSSR count). The van der Waals surface area contributed by atoms with Crippen molar-refractivity contribution in [1.82, 2.24) is 0 Å². The van der Waals surface area contributed by atoms with E-state index in [1.165, 1.54) is 11.0 Å². The number of anilines is 1. The molecule has 0 fully saturated rings. The number of aliphatic hydroxyl groups is 1. The Morgan fingerprint density at radius 3 is 2.55 bits per heavy atom. The number of alkyl halides is 3. The van der Waals surface area contributed by atoms with Gasteiger partial charge in [0.1, 0.15) is 5.76 Å². The lowest BCUT2D eigenvalue weighted by atomic mass is 10.0. The first-order chi connectivity index (χ1) is 10.4. The first-order valence-electron chi connectivity index (χ1n) is 6.59. The summed E-state index contributed by atoms with van der Waals surface area (Å²) in [5.74, 6) is -2.10. The fourth-order valence-electron chi connectivity index (χ4n) is 2.58. The molecule has 4 nitrogen and oxygen atoms in total. The van der Waals surface area contributed by atoms with E-state index in [1.807, 2.05) is 0 Å². The van der Waals surface area contributed by atoms with Gasteiger partial charge in [-0.05, 0) is 23.8 Å². The molecule has 1 atom stereocenters. The standard InChI is InChI=1S/C15H12F3NO3/c16-15(17,18)13-6-5-9(22-13)7-19-12-4-2-1-3-10(12)11(8-20)14(19)21/h1-6,11,20H,7-8H2. The van der Waals surface area contributed by atoms with Crippen LogP contribution in [0.3, 0.4) is 0 Å². The Morgan fingerprint density at radius 1 is 1.18 bits per heavy atom. The highest BCUT2D eigenvalue weighted by atomic mass is 19.4. The number of furan rings is 1. The lowest BCUT2D eigenvalue weighted by Crippen LogP contribution is -2.29. The summed E-state index contributed by atoms with van der Waals surface area (Å²) in [7, 11) is 0. The molecule has 0 bridgehead atoms. The molecule has 1 amide bonds. The fourth-order valence-corrected chi connectivity index (χ4v) is 2.58. The van der Waals surface area contributed by atoms with E-state index in [1.54, 1.807) is 24.3 Å². The number of carbonyl (C=O) groups excluding carboxylic acids is 1. The molecule has 116 valence electrons. The Labute approximate surface area is 123 Å². The molecule has 7 heteroatoms. The largest absolute Gasteiger partial charge is 0.455 e. The van der Waals surface area contributed by atoms with E-state index < -0.39 is 17.9 Å². The second-order valence-corrected chi connectivity index (χ2v) is 4.98. The molecule has 0 saturated heterocycles. The maximum atomic E-state index is 12.5. The lowest BCUT2D eigenvalue weighted by molar-refractivity contribution is -0.153. The topological polar surface area (TPSA) is 53.7 Å². The van der Waals surface area contributed by atoms with Crippen LogP contribution in [0.5, 0.6) is 0 Å². The van der Waals surface area contributed by atoms with E-state index in [0.29, 0.717) is 11.3 Å². The van der Waals surface area contributed by atoms with Crippen LogP contribution in [-0.4, -0.2) is 17.6 Å². The van der Waals surface area contributed by atoms with Gasteiger partial charge in [-0.1, -0.05) is 18.2 Å². The number of hydrogen-bond donors (Lipinski definition) is 1. The van der Waals surface area contributed by atoms with Crippen molar-refractivity contribution in [2.45, 2.75) is 18.6 Å². The predicted octanol–water partition coefficient (Wildman–Crippen LogP) is 2.92. The summed E-state index contributed by atoms with van der Waals surface area (Å²) in [6.07, 6.45) is -4.56. The quantitative estimate of drug-likeness (QED) is 0.948. The number of para-hydroxylation sites is 1.